The summed E-state index contributed by atoms with van der Waals surface area (Å²) in [5.74, 6) is -10.1. The zero-order valence-electron chi connectivity index (χ0n) is 19.8. The fraction of sp³-hybridized carbons (Fsp3) is 0.400. The maximum Gasteiger partial charge on any atom is 0.224 e. The van der Waals surface area contributed by atoms with Crippen LogP contribution in [-0.2, 0) is 21.4 Å². The number of hydrogen-bond acceptors (Lipinski definition) is 3. The summed E-state index contributed by atoms with van der Waals surface area (Å²) in [6, 6.07) is 6.75. The van der Waals surface area contributed by atoms with Gasteiger partial charge >= 0.3 is 0 Å². The van der Waals surface area contributed by atoms with E-state index in [9.17, 15) is 26.7 Å². The molecule has 0 aromatic heterocycles. The molecule has 2 aliphatic heterocycles. The van der Waals surface area contributed by atoms with Gasteiger partial charge in [-0.1, -0.05) is 32.0 Å². The van der Waals surface area contributed by atoms with Gasteiger partial charge in [-0.25, -0.2) is 22.0 Å². The topological polar surface area (TPSA) is 41.6 Å². The fourth-order valence-electron chi connectivity index (χ4n) is 4.94. The zero-order chi connectivity index (χ0) is 25.5. The number of hydrogen-bond donors (Lipinski definition) is 1. The number of nitrogens with one attached hydrogen (secondary N) is 1. The molecule has 1 N–H and O–H groups in total. The summed E-state index contributed by atoms with van der Waals surface area (Å²) in [4.78, 5) is 14.2. The molecule has 1 saturated heterocycles. The average molecular weight is 511 g/mol. The van der Waals surface area contributed by atoms with Crippen LogP contribution in [0.15, 0.2) is 24.3 Å². The van der Waals surface area contributed by atoms with Crippen molar-refractivity contribution < 1.29 is 31.5 Å². The molecule has 4 rings (SSSR count). The monoisotopic (exact) mass is 510 g/mol. The van der Waals surface area contributed by atoms with E-state index in [4.69, 9.17) is 4.74 Å². The first-order valence-corrected chi connectivity index (χ1v) is 13.0. The molecule has 2 aromatic rings. The Balaban J connectivity index is 1.69. The maximum atomic E-state index is 14.3. The molecule has 4 nitrogen and oxygen atoms in total. The molecular weight excluding hydrogens is 483 g/mol. The van der Waals surface area contributed by atoms with Crippen molar-refractivity contribution in [1.29, 1.82) is 0 Å². The van der Waals surface area contributed by atoms with Crippen molar-refractivity contribution >= 4 is 27.9 Å². The van der Waals surface area contributed by atoms with Crippen LogP contribution in [0, 0.1) is 29.1 Å². The van der Waals surface area contributed by atoms with Crippen molar-refractivity contribution in [2.75, 3.05) is 24.6 Å². The lowest BCUT2D eigenvalue weighted by molar-refractivity contribution is -0.120. The molecule has 1 atom stereocenters. The molecule has 2 aromatic carbocycles. The predicted molar refractivity (Wildman–Crippen MR) is 127 cm³/mol. The molecule has 35 heavy (non-hydrogen) atoms. The third-order valence-electron chi connectivity index (χ3n) is 6.90. The first kappa shape index (κ1) is 25.4. The molecular formula is C25H27F5N2O2Si. The molecule has 0 aliphatic carbocycles. The Morgan fingerprint density at radius 2 is 1.77 bits per heavy atom. The van der Waals surface area contributed by atoms with Crippen molar-refractivity contribution in [2.24, 2.45) is 0 Å². The Morgan fingerprint density at radius 1 is 1.11 bits per heavy atom. The molecule has 2 heterocycles. The third-order valence-corrected chi connectivity index (χ3v) is 7.60. The van der Waals surface area contributed by atoms with Crippen LogP contribution in [0.3, 0.4) is 0 Å². The van der Waals surface area contributed by atoms with Gasteiger partial charge in [0, 0.05) is 34.4 Å². The lowest BCUT2D eigenvalue weighted by Gasteiger charge is -2.39. The van der Waals surface area contributed by atoms with E-state index in [0.717, 1.165) is 45.6 Å². The Bertz CT molecular complexity index is 1170. The number of halogens is 5. The van der Waals surface area contributed by atoms with E-state index in [0.29, 0.717) is 19.7 Å². The van der Waals surface area contributed by atoms with Gasteiger partial charge < -0.3 is 15.0 Å². The number of carbonyl (C=O) groups is 1. The molecule has 10 heteroatoms. The van der Waals surface area contributed by atoms with Crippen LogP contribution in [0.1, 0.15) is 37.0 Å². The third kappa shape index (κ3) is 4.06. The van der Waals surface area contributed by atoms with Gasteiger partial charge in [-0.2, -0.15) is 0 Å². The molecule has 1 unspecified atom stereocenters. The minimum atomic E-state index is -2.20. The number of fused-ring (bicyclic) bond motifs is 3. The van der Waals surface area contributed by atoms with Crippen LogP contribution in [0.5, 0.6) is 0 Å². The molecule has 0 radical (unpaired) electrons. The number of rotatable bonds is 7. The van der Waals surface area contributed by atoms with Gasteiger partial charge in [-0.05, 0) is 35.8 Å². The zero-order valence-corrected chi connectivity index (χ0v) is 21.8. The van der Waals surface area contributed by atoms with Gasteiger partial charge in [0.2, 0.25) is 11.7 Å². The summed E-state index contributed by atoms with van der Waals surface area (Å²) < 4.78 is 75.6. The molecule has 1 amide bonds. The normalized spacial score (nSPS) is 20.5. The standard InChI is InChI=1S/C25H27F5N2O2Si/c1-24(2)16-12-14(13-18(33)31-8-3-11-35)4-5-17(16)32-9-10-34-25(24,32)7-6-15-19(26)21(28)23(30)22(29)20(15)27/h4-7,12H,3,8-11,13H2,1-2,35H3,(H,31,33)/b7-6+. The first-order chi connectivity index (χ1) is 16.5. The van der Waals surface area contributed by atoms with E-state index in [2.05, 4.69) is 5.32 Å². The summed E-state index contributed by atoms with van der Waals surface area (Å²) >= 11 is 0. The van der Waals surface area contributed by atoms with Crippen molar-refractivity contribution in [3.8, 4) is 0 Å². The minimum Gasteiger partial charge on any atom is -0.356 e. The highest BCUT2D eigenvalue weighted by Crippen LogP contribution is 2.55. The Hall–Kier alpha value is -2.72. The first-order valence-electron chi connectivity index (χ1n) is 11.6. The quantitative estimate of drug-likeness (QED) is 0.203. The lowest BCUT2D eigenvalue weighted by Crippen LogP contribution is -2.51. The SMILES string of the molecule is CC1(C)c2cc(CC(=O)NCCC[SiH3])ccc2N2CCOC21/C=C/c1c(F)c(F)c(F)c(F)c1F. The molecule has 1 fully saturated rings. The van der Waals surface area contributed by atoms with E-state index in [-0.39, 0.29) is 12.3 Å². The molecule has 2 aliphatic rings. The minimum absolute atomic E-state index is 0.0754. The fourth-order valence-corrected chi connectivity index (χ4v) is 5.29. The second-order valence-electron chi connectivity index (χ2n) is 9.37. The van der Waals surface area contributed by atoms with E-state index in [1.54, 1.807) is 0 Å². The molecule has 0 spiro atoms. The molecule has 188 valence electrons. The number of amides is 1. The van der Waals surface area contributed by atoms with Crippen molar-refractivity contribution in [3.63, 3.8) is 0 Å². The second kappa shape index (κ2) is 9.38. The van der Waals surface area contributed by atoms with E-state index >= 15 is 0 Å². The van der Waals surface area contributed by atoms with Gasteiger partial charge in [0.25, 0.3) is 0 Å². The largest absolute Gasteiger partial charge is 0.356 e. The maximum absolute atomic E-state index is 14.3. The second-order valence-corrected chi connectivity index (χ2v) is 10.4. The summed E-state index contributed by atoms with van der Waals surface area (Å²) in [6.45, 7) is 5.20. The molecule has 0 bridgehead atoms. The summed E-state index contributed by atoms with van der Waals surface area (Å²) in [7, 11) is 1.09. The highest BCUT2D eigenvalue weighted by atomic mass is 28.1. The Kier molecular flexibility index (Phi) is 6.80. The lowest BCUT2D eigenvalue weighted by atomic mass is 9.76. The van der Waals surface area contributed by atoms with E-state index in [1.807, 2.05) is 36.9 Å². The van der Waals surface area contributed by atoms with Crippen molar-refractivity contribution in [1.82, 2.24) is 5.32 Å². The smallest absolute Gasteiger partial charge is 0.224 e. The van der Waals surface area contributed by atoms with Crippen LogP contribution < -0.4 is 10.2 Å². The van der Waals surface area contributed by atoms with Crippen LogP contribution in [0.4, 0.5) is 27.6 Å². The average Bonchev–Trinajstić information content (AvgIpc) is 3.33. The van der Waals surface area contributed by atoms with Gasteiger partial charge in [-0.3, -0.25) is 4.79 Å². The van der Waals surface area contributed by atoms with Gasteiger partial charge in [0.15, 0.2) is 29.0 Å². The number of anilines is 1. The number of benzene rings is 2. The van der Waals surface area contributed by atoms with Crippen LogP contribution in [0.25, 0.3) is 6.08 Å². The van der Waals surface area contributed by atoms with Crippen LogP contribution in [0.2, 0.25) is 6.04 Å². The number of carbonyl (C=O) groups excluding carboxylic acids is 1. The van der Waals surface area contributed by atoms with Crippen LogP contribution >= 0.6 is 0 Å². The summed E-state index contributed by atoms with van der Waals surface area (Å²) in [6.07, 6.45) is 3.42. The van der Waals surface area contributed by atoms with Crippen LogP contribution in [-0.4, -0.2) is 41.6 Å². The van der Waals surface area contributed by atoms with Crippen molar-refractivity contribution in [3.05, 3.63) is 70.1 Å². The van der Waals surface area contributed by atoms with E-state index < -0.39 is 45.8 Å². The van der Waals surface area contributed by atoms with Gasteiger partial charge in [0.05, 0.1) is 18.6 Å². The Morgan fingerprint density at radius 3 is 2.43 bits per heavy atom. The summed E-state index contributed by atoms with van der Waals surface area (Å²) in [5.41, 5.74) is -0.496. The van der Waals surface area contributed by atoms with E-state index in [1.165, 1.54) is 6.08 Å². The predicted octanol–water partition coefficient (Wildman–Crippen LogP) is 3.75. The van der Waals surface area contributed by atoms with Gasteiger partial charge in [0.1, 0.15) is 0 Å². The highest BCUT2D eigenvalue weighted by Gasteiger charge is 2.59. The van der Waals surface area contributed by atoms with Gasteiger partial charge in [-0.15, -0.1) is 0 Å². The molecule has 0 saturated carbocycles. The highest BCUT2D eigenvalue weighted by molar-refractivity contribution is 6.08. The van der Waals surface area contributed by atoms with Crippen molar-refractivity contribution in [2.45, 2.75) is 43.9 Å². The summed E-state index contributed by atoms with van der Waals surface area (Å²) in [5, 5.41) is 2.91. The number of ether oxygens (including phenoxy) is 1. The Labute approximate surface area is 203 Å². The number of nitrogens with zero attached hydrogens (tertiary/aromatic N) is 1.